The molecule has 0 bridgehead atoms. The molecule has 0 amide bonds. The first-order chi connectivity index (χ1) is 17.3. The number of fused-ring (bicyclic) bond motifs is 1. The van der Waals surface area contributed by atoms with Gasteiger partial charge < -0.3 is 14.4 Å². The summed E-state index contributed by atoms with van der Waals surface area (Å²) in [4.78, 5) is 15.5. The average molecular weight is 487 g/mol. The first-order valence-electron chi connectivity index (χ1n) is 12.4. The Bertz CT molecular complexity index is 1240. The highest BCUT2D eigenvalue weighted by atomic mass is 32.1. The Labute approximate surface area is 210 Å². The van der Waals surface area contributed by atoms with E-state index in [0.29, 0.717) is 12.6 Å². The Hall–Kier alpha value is -3.00. The van der Waals surface area contributed by atoms with Gasteiger partial charge in [0.05, 0.1) is 12.0 Å². The maximum Gasteiger partial charge on any atom is 0.141 e. The molecule has 0 aliphatic carbocycles. The van der Waals surface area contributed by atoms with Gasteiger partial charge in [-0.2, -0.15) is 0 Å². The van der Waals surface area contributed by atoms with Gasteiger partial charge in [0.15, 0.2) is 0 Å². The van der Waals surface area contributed by atoms with Crippen molar-refractivity contribution < 1.29 is 9.47 Å². The molecule has 4 aromatic rings. The normalized spacial score (nSPS) is 19.8. The summed E-state index contributed by atoms with van der Waals surface area (Å²) in [5.41, 5.74) is 2.46. The van der Waals surface area contributed by atoms with Gasteiger partial charge in [-0.3, -0.25) is 4.90 Å². The minimum atomic E-state index is 0.114. The summed E-state index contributed by atoms with van der Waals surface area (Å²) in [5, 5.41) is 3.41. The molecule has 0 N–H and O–H groups in total. The van der Waals surface area contributed by atoms with Crippen molar-refractivity contribution in [3.05, 3.63) is 72.4 Å². The molecule has 2 fully saturated rings. The molecule has 1 unspecified atom stereocenters. The van der Waals surface area contributed by atoms with Crippen LogP contribution in [-0.4, -0.2) is 66.4 Å². The van der Waals surface area contributed by atoms with Crippen LogP contribution in [0.1, 0.15) is 12.8 Å². The molecule has 6 nitrogen and oxygen atoms in total. The number of thiophene rings is 1. The third-order valence-electron chi connectivity index (χ3n) is 7.06. The second-order valence-electron chi connectivity index (χ2n) is 9.22. The minimum absolute atomic E-state index is 0.114. The highest BCUT2D eigenvalue weighted by molar-refractivity contribution is 7.17. The molecule has 2 aromatic carbocycles. The minimum Gasteiger partial charge on any atom is -0.491 e. The van der Waals surface area contributed by atoms with Crippen LogP contribution in [0.15, 0.2) is 72.4 Å². The fraction of sp³-hybridized carbons (Fsp3) is 0.357. The lowest BCUT2D eigenvalue weighted by atomic mass is 10.0. The molecule has 0 spiro atoms. The van der Waals surface area contributed by atoms with Gasteiger partial charge in [0.2, 0.25) is 0 Å². The summed E-state index contributed by atoms with van der Waals surface area (Å²) in [6.45, 7) is 5.29. The van der Waals surface area contributed by atoms with Gasteiger partial charge >= 0.3 is 0 Å². The van der Waals surface area contributed by atoms with Crippen molar-refractivity contribution in [3.8, 4) is 16.9 Å². The Morgan fingerprint density at radius 2 is 1.71 bits per heavy atom. The Morgan fingerprint density at radius 3 is 2.51 bits per heavy atom. The number of hydrogen-bond acceptors (Lipinski definition) is 7. The van der Waals surface area contributed by atoms with Crippen LogP contribution in [-0.2, 0) is 4.74 Å². The molecule has 4 heterocycles. The summed E-state index contributed by atoms with van der Waals surface area (Å²) in [5.74, 6) is 1.98. The van der Waals surface area contributed by atoms with E-state index < -0.39 is 0 Å². The number of morpholine rings is 1. The highest BCUT2D eigenvalue weighted by Gasteiger charge is 2.31. The van der Waals surface area contributed by atoms with Crippen molar-refractivity contribution >= 4 is 27.4 Å². The van der Waals surface area contributed by atoms with Crippen LogP contribution in [0.5, 0.6) is 5.75 Å². The summed E-state index contributed by atoms with van der Waals surface area (Å²) < 4.78 is 12.0. The molecule has 7 heteroatoms. The van der Waals surface area contributed by atoms with Gasteiger partial charge in [-0.05, 0) is 30.5 Å². The average Bonchev–Trinajstić information content (AvgIpc) is 3.38. The van der Waals surface area contributed by atoms with Crippen LogP contribution in [0.4, 0.5) is 5.82 Å². The summed E-state index contributed by atoms with van der Waals surface area (Å²) in [6.07, 6.45) is 4.09. The number of para-hydroxylation sites is 1. The predicted molar refractivity (Wildman–Crippen MR) is 141 cm³/mol. The van der Waals surface area contributed by atoms with Gasteiger partial charge in [-0.1, -0.05) is 48.5 Å². The SMILES string of the molecule is c1ccc(OCC2CN(C3CCN(c4ncnc5scc(-c6ccccc6)c45)CC3)CCO2)cc1. The van der Waals surface area contributed by atoms with Crippen LogP contribution >= 0.6 is 11.3 Å². The van der Waals surface area contributed by atoms with Crippen LogP contribution in [0.3, 0.4) is 0 Å². The van der Waals surface area contributed by atoms with Crippen LogP contribution < -0.4 is 9.64 Å². The number of rotatable bonds is 6. The number of benzene rings is 2. The topological polar surface area (TPSA) is 50.7 Å². The molecular weight excluding hydrogens is 456 g/mol. The van der Waals surface area contributed by atoms with Crippen molar-refractivity contribution in [2.24, 2.45) is 0 Å². The van der Waals surface area contributed by atoms with Crippen LogP contribution in [0, 0.1) is 0 Å². The van der Waals surface area contributed by atoms with E-state index >= 15 is 0 Å². The molecule has 2 aromatic heterocycles. The van der Waals surface area contributed by atoms with E-state index in [0.717, 1.165) is 62.0 Å². The van der Waals surface area contributed by atoms with E-state index in [1.165, 1.54) is 16.5 Å². The van der Waals surface area contributed by atoms with Gasteiger partial charge in [-0.25, -0.2) is 9.97 Å². The number of aromatic nitrogens is 2. The lowest BCUT2D eigenvalue weighted by Crippen LogP contribution is -2.52. The molecule has 1 atom stereocenters. The number of ether oxygens (including phenoxy) is 2. The second kappa shape index (κ2) is 10.3. The van der Waals surface area contributed by atoms with Crippen LogP contribution in [0.25, 0.3) is 21.3 Å². The Kier molecular flexibility index (Phi) is 6.62. The van der Waals surface area contributed by atoms with E-state index in [4.69, 9.17) is 14.5 Å². The van der Waals surface area contributed by atoms with E-state index in [-0.39, 0.29) is 6.10 Å². The van der Waals surface area contributed by atoms with E-state index in [2.05, 4.69) is 50.5 Å². The Morgan fingerprint density at radius 1 is 0.943 bits per heavy atom. The smallest absolute Gasteiger partial charge is 0.141 e. The maximum absolute atomic E-state index is 6.01. The van der Waals surface area contributed by atoms with Crippen molar-refractivity contribution in [1.82, 2.24) is 14.9 Å². The number of hydrogen-bond donors (Lipinski definition) is 0. The molecule has 180 valence electrons. The Balaban J connectivity index is 1.11. The van der Waals surface area contributed by atoms with Gasteiger partial charge in [0, 0.05) is 43.2 Å². The number of piperidine rings is 1. The van der Waals surface area contributed by atoms with Gasteiger partial charge in [0.1, 0.15) is 35.4 Å². The van der Waals surface area contributed by atoms with Crippen molar-refractivity contribution in [1.29, 1.82) is 0 Å². The zero-order valence-electron chi connectivity index (χ0n) is 19.8. The second-order valence-corrected chi connectivity index (χ2v) is 10.1. The molecule has 6 rings (SSSR count). The van der Waals surface area contributed by atoms with Gasteiger partial charge in [0.25, 0.3) is 0 Å². The first kappa shape index (κ1) is 22.5. The molecule has 0 saturated carbocycles. The molecule has 35 heavy (non-hydrogen) atoms. The lowest BCUT2D eigenvalue weighted by Gasteiger charge is -2.42. The quantitative estimate of drug-likeness (QED) is 0.378. The molecule has 2 saturated heterocycles. The molecular formula is C28H30N4O2S. The number of anilines is 1. The monoisotopic (exact) mass is 486 g/mol. The van der Waals surface area contributed by atoms with E-state index in [9.17, 15) is 0 Å². The largest absolute Gasteiger partial charge is 0.491 e. The van der Waals surface area contributed by atoms with Gasteiger partial charge in [-0.15, -0.1) is 11.3 Å². The fourth-order valence-electron chi connectivity index (χ4n) is 5.25. The highest BCUT2D eigenvalue weighted by Crippen LogP contribution is 2.38. The van der Waals surface area contributed by atoms with Crippen molar-refractivity contribution in [2.45, 2.75) is 25.0 Å². The summed E-state index contributed by atoms with van der Waals surface area (Å²) in [6, 6.07) is 21.2. The van der Waals surface area contributed by atoms with Crippen LogP contribution in [0.2, 0.25) is 0 Å². The zero-order chi connectivity index (χ0) is 23.5. The fourth-order valence-corrected chi connectivity index (χ4v) is 6.16. The zero-order valence-corrected chi connectivity index (χ0v) is 20.6. The van der Waals surface area contributed by atoms with E-state index in [1.54, 1.807) is 17.7 Å². The number of nitrogens with zero attached hydrogens (tertiary/aromatic N) is 4. The standard InChI is InChI=1S/C28H30N4O2S/c1-3-7-21(8-4-1)25-19-35-28-26(25)27(29-20-30-28)31-13-11-22(12-14-31)32-15-16-33-24(17-32)18-34-23-9-5-2-6-10-23/h1-10,19-20,22,24H,11-18H2. The third kappa shape index (κ3) is 4.89. The lowest BCUT2D eigenvalue weighted by molar-refractivity contribution is -0.0629. The first-order valence-corrected chi connectivity index (χ1v) is 13.3. The summed E-state index contributed by atoms with van der Waals surface area (Å²) >= 11 is 1.70. The predicted octanol–water partition coefficient (Wildman–Crippen LogP) is 5.11. The molecule has 2 aliphatic rings. The molecule has 0 radical (unpaired) electrons. The third-order valence-corrected chi connectivity index (χ3v) is 7.95. The summed E-state index contributed by atoms with van der Waals surface area (Å²) in [7, 11) is 0. The molecule has 2 aliphatic heterocycles. The maximum atomic E-state index is 6.01. The van der Waals surface area contributed by atoms with Crippen molar-refractivity contribution in [3.63, 3.8) is 0 Å². The van der Waals surface area contributed by atoms with E-state index in [1.807, 2.05) is 30.3 Å². The van der Waals surface area contributed by atoms with Crippen molar-refractivity contribution in [2.75, 3.05) is 44.3 Å².